The Balaban J connectivity index is 1.19. The molecule has 1 aromatic heterocycles. The molecular formula is C25H29ClN4O2. The van der Waals surface area contributed by atoms with Gasteiger partial charge in [-0.1, -0.05) is 47.9 Å². The monoisotopic (exact) mass is 452 g/mol. The number of rotatable bonds is 8. The number of hydrogen-bond acceptors (Lipinski definition) is 5. The van der Waals surface area contributed by atoms with E-state index in [1.807, 2.05) is 12.1 Å². The summed E-state index contributed by atoms with van der Waals surface area (Å²) in [6.07, 6.45) is 3.28. The van der Waals surface area contributed by atoms with Crippen molar-refractivity contribution in [2.45, 2.75) is 45.7 Å². The fourth-order valence-electron chi connectivity index (χ4n) is 3.82. The maximum Gasteiger partial charge on any atom is 0.227 e. The minimum absolute atomic E-state index is 0.0391. The van der Waals surface area contributed by atoms with Gasteiger partial charge in [-0.2, -0.15) is 4.98 Å². The first-order valence-electron chi connectivity index (χ1n) is 11.2. The predicted octanol–water partition coefficient (Wildman–Crippen LogP) is 4.87. The van der Waals surface area contributed by atoms with Crippen LogP contribution in [0.3, 0.4) is 0 Å². The summed E-state index contributed by atoms with van der Waals surface area (Å²) in [6.45, 7) is 6.21. The Labute approximate surface area is 194 Å². The molecule has 1 amide bonds. The Morgan fingerprint density at radius 1 is 1.09 bits per heavy atom. The SMILES string of the molecule is CC1CCN(Cc2ccc(CNC(=O)CCc3nc(-c4ccc(Cl)cc4)no3)cc2)CC1. The number of carbonyl (C=O) groups excluding carboxylic acids is 1. The summed E-state index contributed by atoms with van der Waals surface area (Å²) in [5.41, 5.74) is 3.24. The number of likely N-dealkylation sites (tertiary alicyclic amines) is 1. The Morgan fingerprint density at radius 2 is 1.78 bits per heavy atom. The molecule has 32 heavy (non-hydrogen) atoms. The first kappa shape index (κ1) is 22.5. The Hall–Kier alpha value is -2.70. The van der Waals surface area contributed by atoms with Crippen molar-refractivity contribution < 1.29 is 9.32 Å². The van der Waals surface area contributed by atoms with Crippen molar-refractivity contribution in [3.8, 4) is 11.4 Å². The molecular weight excluding hydrogens is 424 g/mol. The number of nitrogens with one attached hydrogen (secondary N) is 1. The summed E-state index contributed by atoms with van der Waals surface area (Å²) in [5.74, 6) is 1.75. The van der Waals surface area contributed by atoms with Crippen molar-refractivity contribution >= 4 is 17.5 Å². The van der Waals surface area contributed by atoms with Crippen molar-refractivity contribution in [2.75, 3.05) is 13.1 Å². The van der Waals surface area contributed by atoms with Gasteiger partial charge in [-0.25, -0.2) is 0 Å². The number of nitrogens with zero attached hydrogens (tertiary/aromatic N) is 3. The molecule has 1 saturated heterocycles. The molecule has 0 unspecified atom stereocenters. The molecule has 1 N–H and O–H groups in total. The van der Waals surface area contributed by atoms with Crippen molar-refractivity contribution in [3.63, 3.8) is 0 Å². The third-order valence-corrected chi connectivity index (χ3v) is 6.18. The molecule has 6 nitrogen and oxygen atoms in total. The highest BCUT2D eigenvalue weighted by molar-refractivity contribution is 6.30. The van der Waals surface area contributed by atoms with Gasteiger partial charge in [0, 0.05) is 36.5 Å². The smallest absolute Gasteiger partial charge is 0.227 e. The van der Waals surface area contributed by atoms with Crippen LogP contribution in [0.1, 0.15) is 43.2 Å². The lowest BCUT2D eigenvalue weighted by atomic mass is 9.99. The van der Waals surface area contributed by atoms with E-state index < -0.39 is 0 Å². The van der Waals surface area contributed by atoms with Crippen molar-refractivity contribution in [1.82, 2.24) is 20.4 Å². The van der Waals surface area contributed by atoms with E-state index in [1.54, 1.807) is 12.1 Å². The largest absolute Gasteiger partial charge is 0.352 e. The van der Waals surface area contributed by atoms with Gasteiger partial charge in [0.05, 0.1) is 0 Å². The lowest BCUT2D eigenvalue weighted by Gasteiger charge is -2.30. The Kier molecular flexibility index (Phi) is 7.55. The second-order valence-electron chi connectivity index (χ2n) is 8.57. The summed E-state index contributed by atoms with van der Waals surface area (Å²) < 4.78 is 5.27. The maximum absolute atomic E-state index is 12.2. The van der Waals surface area contributed by atoms with Gasteiger partial charge in [0.15, 0.2) is 0 Å². The third-order valence-electron chi connectivity index (χ3n) is 5.93. The van der Waals surface area contributed by atoms with Gasteiger partial charge < -0.3 is 9.84 Å². The summed E-state index contributed by atoms with van der Waals surface area (Å²) in [5, 5.41) is 7.60. The average molecular weight is 453 g/mol. The molecule has 1 aliphatic rings. The average Bonchev–Trinajstić information content (AvgIpc) is 3.28. The summed E-state index contributed by atoms with van der Waals surface area (Å²) in [6, 6.07) is 15.7. The van der Waals surface area contributed by atoms with E-state index >= 15 is 0 Å². The van der Waals surface area contributed by atoms with E-state index in [-0.39, 0.29) is 5.91 Å². The molecule has 0 saturated carbocycles. The van der Waals surface area contributed by atoms with Gasteiger partial charge in [0.2, 0.25) is 17.6 Å². The quantitative estimate of drug-likeness (QED) is 0.527. The molecule has 168 valence electrons. The number of piperidine rings is 1. The number of benzene rings is 2. The standard InChI is InChI=1S/C25H29ClN4O2/c1-18-12-14-30(15-13-18)17-20-4-2-19(3-5-20)16-27-23(31)10-11-24-28-25(29-32-24)21-6-8-22(26)9-7-21/h2-9,18H,10-17H2,1H3,(H,27,31). The second kappa shape index (κ2) is 10.7. The molecule has 2 aromatic carbocycles. The number of aromatic nitrogens is 2. The van der Waals surface area contributed by atoms with E-state index in [0.717, 1.165) is 23.6 Å². The highest BCUT2D eigenvalue weighted by atomic mass is 35.5. The third kappa shape index (κ3) is 6.40. The molecule has 2 heterocycles. The van der Waals surface area contributed by atoms with Crippen molar-refractivity contribution in [3.05, 3.63) is 70.6 Å². The van der Waals surface area contributed by atoms with Crippen LogP contribution in [0.15, 0.2) is 53.1 Å². The Bertz CT molecular complexity index is 1010. The van der Waals surface area contributed by atoms with Crippen LogP contribution in [0.5, 0.6) is 0 Å². The van der Waals surface area contributed by atoms with Gasteiger partial charge in [-0.05, 0) is 67.2 Å². The van der Waals surface area contributed by atoms with Crippen LogP contribution in [0.2, 0.25) is 5.02 Å². The predicted molar refractivity (Wildman–Crippen MR) is 125 cm³/mol. The highest BCUT2D eigenvalue weighted by Gasteiger charge is 2.15. The van der Waals surface area contributed by atoms with Crippen LogP contribution in [-0.2, 0) is 24.3 Å². The van der Waals surface area contributed by atoms with Gasteiger partial charge in [0.1, 0.15) is 0 Å². The molecule has 1 fully saturated rings. The number of carbonyl (C=O) groups is 1. The zero-order valence-electron chi connectivity index (χ0n) is 18.4. The zero-order valence-corrected chi connectivity index (χ0v) is 19.1. The van der Waals surface area contributed by atoms with Gasteiger partial charge in [-0.3, -0.25) is 9.69 Å². The van der Waals surface area contributed by atoms with Crippen LogP contribution in [0.4, 0.5) is 0 Å². The van der Waals surface area contributed by atoms with E-state index in [9.17, 15) is 4.79 Å². The summed E-state index contributed by atoms with van der Waals surface area (Å²) >= 11 is 5.90. The number of aryl methyl sites for hydroxylation is 1. The topological polar surface area (TPSA) is 71.3 Å². The number of halogens is 1. The summed E-state index contributed by atoms with van der Waals surface area (Å²) in [4.78, 5) is 19.1. The lowest BCUT2D eigenvalue weighted by molar-refractivity contribution is -0.121. The fourth-order valence-corrected chi connectivity index (χ4v) is 3.95. The van der Waals surface area contributed by atoms with Crippen molar-refractivity contribution in [1.29, 1.82) is 0 Å². The minimum Gasteiger partial charge on any atom is -0.352 e. The van der Waals surface area contributed by atoms with E-state index in [1.165, 1.54) is 31.5 Å². The van der Waals surface area contributed by atoms with Gasteiger partial charge >= 0.3 is 0 Å². The van der Waals surface area contributed by atoms with Gasteiger partial charge in [-0.15, -0.1) is 0 Å². The van der Waals surface area contributed by atoms with E-state index in [2.05, 4.69) is 51.5 Å². The lowest BCUT2D eigenvalue weighted by Crippen LogP contribution is -2.32. The molecule has 0 aliphatic carbocycles. The summed E-state index contributed by atoms with van der Waals surface area (Å²) in [7, 11) is 0. The molecule has 0 radical (unpaired) electrons. The highest BCUT2D eigenvalue weighted by Crippen LogP contribution is 2.20. The van der Waals surface area contributed by atoms with Crippen LogP contribution in [-0.4, -0.2) is 34.0 Å². The first-order chi connectivity index (χ1) is 15.5. The van der Waals surface area contributed by atoms with Crippen LogP contribution in [0, 0.1) is 5.92 Å². The van der Waals surface area contributed by atoms with E-state index in [4.69, 9.17) is 16.1 Å². The normalized spacial score (nSPS) is 15.1. The van der Waals surface area contributed by atoms with E-state index in [0.29, 0.717) is 36.1 Å². The molecule has 7 heteroatoms. The maximum atomic E-state index is 12.2. The van der Waals surface area contributed by atoms with Crippen molar-refractivity contribution in [2.24, 2.45) is 5.92 Å². The molecule has 0 atom stereocenters. The van der Waals surface area contributed by atoms with Crippen LogP contribution in [0.25, 0.3) is 11.4 Å². The van der Waals surface area contributed by atoms with Gasteiger partial charge in [0.25, 0.3) is 0 Å². The number of amides is 1. The fraction of sp³-hybridized carbons (Fsp3) is 0.400. The molecule has 0 bridgehead atoms. The molecule has 0 spiro atoms. The second-order valence-corrected chi connectivity index (χ2v) is 9.01. The van der Waals surface area contributed by atoms with Crippen LogP contribution < -0.4 is 5.32 Å². The molecule has 4 rings (SSSR count). The zero-order chi connectivity index (χ0) is 22.3. The molecule has 3 aromatic rings. The molecule has 1 aliphatic heterocycles. The van der Waals surface area contributed by atoms with Crippen LogP contribution >= 0.6 is 11.6 Å². The first-order valence-corrected chi connectivity index (χ1v) is 11.6. The minimum atomic E-state index is -0.0391. The Morgan fingerprint density at radius 3 is 2.50 bits per heavy atom. The number of hydrogen-bond donors (Lipinski definition) is 1.